The van der Waals surface area contributed by atoms with Crippen LogP contribution >= 0.6 is 11.3 Å². The molecule has 5 heteroatoms. The first-order chi connectivity index (χ1) is 24.6. The Morgan fingerprint density at radius 2 is 1.39 bits per heavy atom. The summed E-state index contributed by atoms with van der Waals surface area (Å²) in [6, 6.07) is 36.0. The Labute approximate surface area is 306 Å². The van der Waals surface area contributed by atoms with E-state index in [1.54, 1.807) is 0 Å². The molecule has 0 saturated carbocycles. The standard InChI is InChI=1S/C46H42BN3S/c1-45(2,3)32-22-19-31(20-23-32)30-13-12-16-35(25-21-30)50-40-29-48-28-39-42(40)47(37-17-10-11-18-38(37)49(39)34-14-8-7-9-15-34)44-43(50)36-27-33(46(4,5)6)24-26-41(36)51-44/h7-20,22-29H,21H2,1-6H3. The second-order valence-electron chi connectivity index (χ2n) is 16.1. The minimum Gasteiger partial charge on any atom is -0.310 e. The van der Waals surface area contributed by atoms with E-state index in [0.717, 1.165) is 23.5 Å². The lowest BCUT2D eigenvalue weighted by atomic mass is 9.36. The number of thiophene rings is 1. The lowest BCUT2D eigenvalue weighted by Gasteiger charge is -2.42. The van der Waals surface area contributed by atoms with Crippen molar-refractivity contribution in [2.75, 3.05) is 9.80 Å². The van der Waals surface area contributed by atoms with Crippen LogP contribution in [0.5, 0.6) is 0 Å². The van der Waals surface area contributed by atoms with Gasteiger partial charge in [-0.15, -0.1) is 11.3 Å². The summed E-state index contributed by atoms with van der Waals surface area (Å²) in [5, 5.41) is 1.31. The van der Waals surface area contributed by atoms with E-state index in [1.807, 2.05) is 11.3 Å². The van der Waals surface area contributed by atoms with Gasteiger partial charge in [-0.05, 0) is 86.8 Å². The largest absolute Gasteiger partial charge is 0.310 e. The van der Waals surface area contributed by atoms with Crippen molar-refractivity contribution in [2.24, 2.45) is 0 Å². The summed E-state index contributed by atoms with van der Waals surface area (Å²) in [6.07, 6.45) is 14.2. The van der Waals surface area contributed by atoms with Gasteiger partial charge in [0.15, 0.2) is 0 Å². The topological polar surface area (TPSA) is 19.4 Å². The van der Waals surface area contributed by atoms with Crippen molar-refractivity contribution < 1.29 is 0 Å². The van der Waals surface area contributed by atoms with E-state index in [-0.39, 0.29) is 17.5 Å². The van der Waals surface area contributed by atoms with Crippen LogP contribution in [0, 0.1) is 0 Å². The monoisotopic (exact) mass is 679 g/mol. The summed E-state index contributed by atoms with van der Waals surface area (Å²) >= 11 is 1.95. The zero-order valence-electron chi connectivity index (χ0n) is 30.2. The smallest absolute Gasteiger partial charge is 0.264 e. The summed E-state index contributed by atoms with van der Waals surface area (Å²) in [5.74, 6) is 0. The van der Waals surface area contributed by atoms with E-state index < -0.39 is 0 Å². The van der Waals surface area contributed by atoms with Gasteiger partial charge in [0.1, 0.15) is 0 Å². The second-order valence-corrected chi connectivity index (χ2v) is 17.2. The number of pyridine rings is 1. The first kappa shape index (κ1) is 31.8. The molecule has 9 rings (SSSR count). The number of para-hydroxylation sites is 2. The van der Waals surface area contributed by atoms with Gasteiger partial charge in [0, 0.05) is 31.9 Å². The molecular formula is C46H42BN3S. The quantitative estimate of drug-likeness (QED) is 0.173. The van der Waals surface area contributed by atoms with Crippen LogP contribution in [-0.2, 0) is 10.8 Å². The fourth-order valence-electron chi connectivity index (χ4n) is 8.01. The average Bonchev–Trinajstić information content (AvgIpc) is 3.32. The van der Waals surface area contributed by atoms with Crippen molar-refractivity contribution in [3.63, 3.8) is 0 Å². The molecule has 1 aliphatic carbocycles. The third-order valence-corrected chi connectivity index (χ3v) is 12.0. The number of hydrogen-bond donors (Lipinski definition) is 0. The molecule has 3 nitrogen and oxygen atoms in total. The van der Waals surface area contributed by atoms with Gasteiger partial charge in [-0.25, -0.2) is 0 Å². The van der Waals surface area contributed by atoms with Crippen LogP contribution in [0.25, 0.3) is 15.7 Å². The van der Waals surface area contributed by atoms with Gasteiger partial charge in [0.2, 0.25) is 0 Å². The minimum atomic E-state index is 0.0333. The first-order valence-electron chi connectivity index (χ1n) is 18.1. The number of nitrogens with zero attached hydrogens (tertiary/aromatic N) is 3. The van der Waals surface area contributed by atoms with Gasteiger partial charge in [0.05, 0.1) is 29.5 Å². The van der Waals surface area contributed by atoms with Crippen molar-refractivity contribution in [3.05, 3.63) is 156 Å². The van der Waals surface area contributed by atoms with E-state index in [9.17, 15) is 0 Å². The Hall–Kier alpha value is -5.13. The highest BCUT2D eigenvalue weighted by Gasteiger charge is 2.45. The maximum absolute atomic E-state index is 4.99. The summed E-state index contributed by atoms with van der Waals surface area (Å²) in [7, 11) is 0. The Morgan fingerprint density at radius 1 is 0.706 bits per heavy atom. The van der Waals surface area contributed by atoms with Crippen LogP contribution in [0.1, 0.15) is 64.7 Å². The zero-order chi connectivity index (χ0) is 35.1. The molecule has 0 bridgehead atoms. The predicted molar refractivity (Wildman–Crippen MR) is 221 cm³/mol. The number of hydrogen-bond acceptors (Lipinski definition) is 4. The van der Waals surface area contributed by atoms with Crippen LogP contribution in [0.2, 0.25) is 0 Å². The van der Waals surface area contributed by atoms with E-state index in [0.29, 0.717) is 0 Å². The molecule has 250 valence electrons. The number of fused-ring (bicyclic) bond motifs is 6. The fraction of sp³-hybridized carbons (Fsp3) is 0.196. The van der Waals surface area contributed by atoms with E-state index in [2.05, 4.69) is 185 Å². The van der Waals surface area contributed by atoms with Crippen LogP contribution in [0.15, 0.2) is 139 Å². The Balaban J connectivity index is 1.26. The molecule has 6 aromatic rings. The zero-order valence-corrected chi connectivity index (χ0v) is 31.1. The number of allylic oxidation sites excluding steroid dienone is 5. The van der Waals surface area contributed by atoms with Crippen LogP contribution < -0.4 is 25.5 Å². The Morgan fingerprint density at radius 3 is 2.14 bits per heavy atom. The van der Waals surface area contributed by atoms with Gasteiger partial charge in [-0.2, -0.15) is 0 Å². The second kappa shape index (κ2) is 11.7. The molecule has 0 atom stereocenters. The summed E-state index contributed by atoms with van der Waals surface area (Å²) in [6.45, 7) is 13.8. The van der Waals surface area contributed by atoms with Gasteiger partial charge in [-0.1, -0.05) is 127 Å². The molecule has 4 heterocycles. The number of benzene rings is 4. The number of anilines is 5. The average molecular weight is 680 g/mol. The molecule has 0 unspecified atom stereocenters. The van der Waals surface area contributed by atoms with Crippen LogP contribution in [0.4, 0.5) is 28.4 Å². The van der Waals surface area contributed by atoms with Gasteiger partial charge >= 0.3 is 0 Å². The maximum atomic E-state index is 4.99. The van der Waals surface area contributed by atoms with E-state index in [1.165, 1.54) is 65.1 Å². The highest BCUT2D eigenvalue weighted by atomic mass is 32.1. The molecule has 51 heavy (non-hydrogen) atoms. The van der Waals surface area contributed by atoms with Crippen LogP contribution in [-0.4, -0.2) is 11.7 Å². The third-order valence-electron chi connectivity index (χ3n) is 10.7. The fourth-order valence-corrected chi connectivity index (χ4v) is 9.31. The number of aromatic nitrogens is 1. The highest BCUT2D eigenvalue weighted by molar-refractivity contribution is 7.33. The molecule has 2 aromatic heterocycles. The molecule has 4 aromatic carbocycles. The molecule has 0 amide bonds. The van der Waals surface area contributed by atoms with E-state index >= 15 is 0 Å². The SMILES string of the molecule is CC(C)(C)c1ccc(C2=CC=CC(N3c4cncc5c4B(c4ccccc4N5c4ccccc4)c4sc5ccc(C(C)(C)C)cc5c43)=CC2)cc1. The van der Waals surface area contributed by atoms with Gasteiger partial charge in [0.25, 0.3) is 6.71 Å². The molecule has 0 N–H and O–H groups in total. The van der Waals surface area contributed by atoms with Gasteiger partial charge < -0.3 is 9.80 Å². The number of rotatable bonds is 3. The van der Waals surface area contributed by atoms with Crippen LogP contribution in [0.3, 0.4) is 0 Å². The molecule has 0 saturated heterocycles. The molecule has 0 spiro atoms. The lowest BCUT2D eigenvalue weighted by Crippen LogP contribution is -2.60. The molecule has 2 aliphatic heterocycles. The normalized spacial score (nSPS) is 15.2. The molecular weight excluding hydrogens is 637 g/mol. The van der Waals surface area contributed by atoms with Crippen molar-refractivity contribution in [3.8, 4) is 0 Å². The maximum Gasteiger partial charge on any atom is 0.264 e. The summed E-state index contributed by atoms with van der Waals surface area (Å²) < 4.78 is 2.71. The highest BCUT2D eigenvalue weighted by Crippen LogP contribution is 2.47. The van der Waals surface area contributed by atoms with Crippen molar-refractivity contribution >= 4 is 77.8 Å². The predicted octanol–water partition coefficient (Wildman–Crippen LogP) is 10.6. The van der Waals surface area contributed by atoms with Gasteiger partial charge in [-0.3, -0.25) is 4.98 Å². The summed E-state index contributed by atoms with van der Waals surface area (Å²) in [5.41, 5.74) is 15.2. The third kappa shape index (κ3) is 5.21. The lowest BCUT2D eigenvalue weighted by molar-refractivity contribution is 0.590. The first-order valence-corrected chi connectivity index (χ1v) is 18.9. The van der Waals surface area contributed by atoms with Crippen molar-refractivity contribution in [1.82, 2.24) is 4.98 Å². The van der Waals surface area contributed by atoms with E-state index in [4.69, 9.17) is 4.98 Å². The summed E-state index contributed by atoms with van der Waals surface area (Å²) in [4.78, 5) is 9.93. The molecule has 3 aliphatic rings. The van der Waals surface area contributed by atoms with Crippen molar-refractivity contribution in [2.45, 2.75) is 58.8 Å². The minimum absolute atomic E-state index is 0.0333. The molecule has 0 fully saturated rings. The molecule has 0 radical (unpaired) electrons. The Bertz CT molecular complexity index is 2420. The Kier molecular flexibility index (Phi) is 7.31. The van der Waals surface area contributed by atoms with Crippen molar-refractivity contribution in [1.29, 1.82) is 0 Å².